The fourth-order valence-electron chi connectivity index (χ4n) is 1.95. The summed E-state index contributed by atoms with van der Waals surface area (Å²) < 4.78 is 0. The first-order valence-electron chi connectivity index (χ1n) is 5.90. The Morgan fingerprint density at radius 2 is 1.53 bits per heavy atom. The monoisotopic (exact) mass is 226 g/mol. The second-order valence-corrected chi connectivity index (χ2v) is 4.31. The molecule has 2 heteroatoms. The largest absolute Gasteiger partial charge is 0.399 e. The first-order chi connectivity index (χ1) is 8.19. The fourth-order valence-corrected chi connectivity index (χ4v) is 1.95. The average molecular weight is 226 g/mol. The van der Waals surface area contributed by atoms with Gasteiger partial charge >= 0.3 is 0 Å². The van der Waals surface area contributed by atoms with Gasteiger partial charge in [-0.1, -0.05) is 31.2 Å². The van der Waals surface area contributed by atoms with Crippen LogP contribution in [0.2, 0.25) is 0 Å². The van der Waals surface area contributed by atoms with Crippen LogP contribution in [0.3, 0.4) is 0 Å². The molecule has 2 aromatic carbocycles. The molecule has 0 aromatic heterocycles. The van der Waals surface area contributed by atoms with Crippen molar-refractivity contribution in [2.75, 3.05) is 11.5 Å². The molecule has 0 aliphatic rings. The van der Waals surface area contributed by atoms with Crippen LogP contribution in [0.4, 0.5) is 11.4 Å². The second-order valence-electron chi connectivity index (χ2n) is 4.31. The predicted octanol–water partition coefficient (Wildman–Crippen LogP) is 3.00. The van der Waals surface area contributed by atoms with Gasteiger partial charge in [-0.2, -0.15) is 0 Å². The third-order valence-corrected chi connectivity index (χ3v) is 2.98. The summed E-state index contributed by atoms with van der Waals surface area (Å²) in [6, 6.07) is 14.3. The van der Waals surface area contributed by atoms with Crippen molar-refractivity contribution < 1.29 is 0 Å². The highest BCUT2D eigenvalue weighted by Gasteiger charge is 2.00. The van der Waals surface area contributed by atoms with Crippen LogP contribution in [0.5, 0.6) is 0 Å². The topological polar surface area (TPSA) is 52.0 Å². The van der Waals surface area contributed by atoms with Crippen LogP contribution in [-0.4, -0.2) is 0 Å². The lowest BCUT2D eigenvalue weighted by atomic mass is 10.0. The molecule has 0 aliphatic heterocycles. The van der Waals surface area contributed by atoms with E-state index in [9.17, 15) is 0 Å². The Hall–Kier alpha value is -1.96. The molecule has 0 atom stereocenters. The molecule has 2 nitrogen and oxygen atoms in total. The minimum atomic E-state index is 0.801. The minimum Gasteiger partial charge on any atom is -0.399 e. The number of nitrogens with two attached hydrogens (primary N) is 2. The zero-order valence-corrected chi connectivity index (χ0v) is 10.1. The summed E-state index contributed by atoms with van der Waals surface area (Å²) in [5, 5.41) is 0. The predicted molar refractivity (Wildman–Crippen MR) is 73.9 cm³/mol. The molecular weight excluding hydrogens is 208 g/mol. The van der Waals surface area contributed by atoms with Crippen LogP contribution in [0.1, 0.15) is 23.6 Å². The number of benzene rings is 2. The van der Waals surface area contributed by atoms with Crippen molar-refractivity contribution >= 4 is 11.4 Å². The van der Waals surface area contributed by atoms with Crippen molar-refractivity contribution in [1.82, 2.24) is 0 Å². The number of nitrogen functional groups attached to an aromatic ring is 2. The first-order valence-corrected chi connectivity index (χ1v) is 5.90. The molecule has 0 spiro atoms. The van der Waals surface area contributed by atoms with E-state index in [-0.39, 0.29) is 0 Å². The number of hydrogen-bond acceptors (Lipinski definition) is 2. The summed E-state index contributed by atoms with van der Waals surface area (Å²) in [5.41, 5.74) is 17.0. The maximum absolute atomic E-state index is 5.99. The van der Waals surface area contributed by atoms with E-state index < -0.39 is 0 Å². The molecule has 0 saturated carbocycles. The Morgan fingerprint density at radius 1 is 0.882 bits per heavy atom. The number of rotatable bonds is 3. The average Bonchev–Trinajstić information content (AvgIpc) is 2.32. The zero-order chi connectivity index (χ0) is 12.3. The van der Waals surface area contributed by atoms with Gasteiger partial charge in [0.25, 0.3) is 0 Å². The van der Waals surface area contributed by atoms with Crippen molar-refractivity contribution in [2.24, 2.45) is 0 Å². The molecule has 0 fully saturated rings. The number of anilines is 2. The third-order valence-electron chi connectivity index (χ3n) is 2.98. The van der Waals surface area contributed by atoms with Crippen LogP contribution < -0.4 is 11.5 Å². The SMILES string of the molecule is CCc1ccc(Cc2ccc(N)cc2)cc1N. The van der Waals surface area contributed by atoms with Gasteiger partial charge in [0.15, 0.2) is 0 Å². The second kappa shape index (κ2) is 4.91. The van der Waals surface area contributed by atoms with E-state index in [1.165, 1.54) is 16.7 Å². The fraction of sp³-hybridized carbons (Fsp3) is 0.200. The van der Waals surface area contributed by atoms with E-state index in [4.69, 9.17) is 11.5 Å². The Balaban J connectivity index is 2.19. The van der Waals surface area contributed by atoms with Crippen molar-refractivity contribution in [2.45, 2.75) is 19.8 Å². The number of aryl methyl sites for hydroxylation is 1. The highest BCUT2D eigenvalue weighted by molar-refractivity contribution is 5.50. The summed E-state index contributed by atoms with van der Waals surface area (Å²) in [5.74, 6) is 0. The van der Waals surface area contributed by atoms with E-state index in [2.05, 4.69) is 37.3 Å². The third kappa shape index (κ3) is 2.78. The van der Waals surface area contributed by atoms with Crippen molar-refractivity contribution in [3.63, 3.8) is 0 Å². The molecule has 0 heterocycles. The molecule has 4 N–H and O–H groups in total. The van der Waals surface area contributed by atoms with E-state index >= 15 is 0 Å². The molecule has 0 saturated heterocycles. The lowest BCUT2D eigenvalue weighted by molar-refractivity contribution is 1.12. The smallest absolute Gasteiger partial charge is 0.0349 e. The lowest BCUT2D eigenvalue weighted by Gasteiger charge is -2.07. The maximum Gasteiger partial charge on any atom is 0.0349 e. The molecule has 2 rings (SSSR count). The molecule has 17 heavy (non-hydrogen) atoms. The number of hydrogen-bond donors (Lipinski definition) is 2. The van der Waals surface area contributed by atoms with Gasteiger partial charge in [-0.25, -0.2) is 0 Å². The summed E-state index contributed by atoms with van der Waals surface area (Å²) in [6.45, 7) is 2.12. The van der Waals surface area contributed by atoms with Gasteiger partial charge in [0.05, 0.1) is 0 Å². The van der Waals surface area contributed by atoms with Crippen LogP contribution >= 0.6 is 0 Å². The summed E-state index contributed by atoms with van der Waals surface area (Å²) in [6.07, 6.45) is 1.88. The Kier molecular flexibility index (Phi) is 3.33. The van der Waals surface area contributed by atoms with Crippen LogP contribution in [0.15, 0.2) is 42.5 Å². The molecule has 0 aliphatic carbocycles. The van der Waals surface area contributed by atoms with Gasteiger partial charge in [-0.3, -0.25) is 0 Å². The molecular formula is C15H18N2. The zero-order valence-electron chi connectivity index (χ0n) is 10.1. The van der Waals surface area contributed by atoms with Gasteiger partial charge in [0, 0.05) is 11.4 Å². The van der Waals surface area contributed by atoms with Crippen molar-refractivity contribution in [3.8, 4) is 0 Å². The van der Waals surface area contributed by atoms with Gasteiger partial charge in [0.1, 0.15) is 0 Å². The van der Waals surface area contributed by atoms with E-state index in [0.29, 0.717) is 0 Å². The van der Waals surface area contributed by atoms with Crippen molar-refractivity contribution in [1.29, 1.82) is 0 Å². The molecule has 2 aromatic rings. The summed E-state index contributed by atoms with van der Waals surface area (Å²) in [7, 11) is 0. The molecule has 0 amide bonds. The Labute approximate surface area is 102 Å². The van der Waals surface area contributed by atoms with Crippen LogP contribution in [0.25, 0.3) is 0 Å². The van der Waals surface area contributed by atoms with E-state index in [1.807, 2.05) is 12.1 Å². The quantitative estimate of drug-likeness (QED) is 0.790. The van der Waals surface area contributed by atoms with Gasteiger partial charge in [0.2, 0.25) is 0 Å². The Bertz CT molecular complexity index is 501. The maximum atomic E-state index is 5.99. The highest BCUT2D eigenvalue weighted by atomic mass is 14.6. The van der Waals surface area contributed by atoms with E-state index in [0.717, 1.165) is 24.2 Å². The van der Waals surface area contributed by atoms with Crippen LogP contribution in [0, 0.1) is 0 Å². The highest BCUT2D eigenvalue weighted by Crippen LogP contribution is 2.18. The lowest BCUT2D eigenvalue weighted by Crippen LogP contribution is -1.96. The molecule has 88 valence electrons. The standard InChI is InChI=1S/C15H18N2/c1-2-13-6-3-12(10-15(13)17)9-11-4-7-14(16)8-5-11/h3-8,10H,2,9,16-17H2,1H3. The van der Waals surface area contributed by atoms with Gasteiger partial charge < -0.3 is 11.5 Å². The van der Waals surface area contributed by atoms with Gasteiger partial charge in [-0.05, 0) is 47.7 Å². The molecule has 0 bridgehead atoms. The Morgan fingerprint density at radius 3 is 2.12 bits per heavy atom. The van der Waals surface area contributed by atoms with Crippen molar-refractivity contribution in [3.05, 3.63) is 59.2 Å². The first kappa shape index (κ1) is 11.5. The van der Waals surface area contributed by atoms with E-state index in [1.54, 1.807) is 0 Å². The minimum absolute atomic E-state index is 0.801. The molecule has 0 radical (unpaired) electrons. The van der Waals surface area contributed by atoms with Crippen LogP contribution in [-0.2, 0) is 12.8 Å². The molecule has 0 unspecified atom stereocenters. The normalized spacial score (nSPS) is 10.4. The van der Waals surface area contributed by atoms with Gasteiger partial charge in [-0.15, -0.1) is 0 Å². The summed E-state index contributed by atoms with van der Waals surface area (Å²) >= 11 is 0. The summed E-state index contributed by atoms with van der Waals surface area (Å²) in [4.78, 5) is 0.